The largest absolute Gasteiger partial charge is 0.389 e. The predicted octanol–water partition coefficient (Wildman–Crippen LogP) is -1.09. The zero-order valence-electron chi connectivity index (χ0n) is 9.33. The zero-order chi connectivity index (χ0) is 11.3. The van der Waals surface area contributed by atoms with Crippen molar-refractivity contribution in [1.82, 2.24) is 10.2 Å². The summed E-state index contributed by atoms with van der Waals surface area (Å²) in [5.41, 5.74) is 4.64. The number of piperidine rings is 1. The minimum atomic E-state index is -0.646. The van der Waals surface area contributed by atoms with Crippen molar-refractivity contribution in [3.05, 3.63) is 0 Å². The number of hydrogen-bond donors (Lipinski definition) is 3. The van der Waals surface area contributed by atoms with Gasteiger partial charge in [0.05, 0.1) is 12.1 Å². The van der Waals surface area contributed by atoms with Gasteiger partial charge in [0.2, 0.25) is 5.91 Å². The first-order chi connectivity index (χ1) is 7.03. The van der Waals surface area contributed by atoms with Crippen LogP contribution >= 0.6 is 0 Å². The summed E-state index contributed by atoms with van der Waals surface area (Å²) in [4.78, 5) is 13.4. The van der Waals surface area contributed by atoms with Gasteiger partial charge in [0.25, 0.3) is 0 Å². The molecule has 0 aromatic rings. The summed E-state index contributed by atoms with van der Waals surface area (Å²) in [6.45, 7) is 4.61. The molecule has 1 saturated heterocycles. The molecule has 0 saturated carbocycles. The fourth-order valence-electron chi connectivity index (χ4n) is 1.93. The van der Waals surface area contributed by atoms with Crippen molar-refractivity contribution in [2.45, 2.75) is 25.4 Å². The molecule has 1 heterocycles. The van der Waals surface area contributed by atoms with Gasteiger partial charge in [-0.1, -0.05) is 0 Å². The number of aliphatic hydroxyl groups is 1. The van der Waals surface area contributed by atoms with Crippen molar-refractivity contribution >= 4 is 5.91 Å². The average molecular weight is 215 g/mol. The van der Waals surface area contributed by atoms with Crippen LogP contribution in [0.5, 0.6) is 0 Å². The van der Waals surface area contributed by atoms with Gasteiger partial charge in [0.1, 0.15) is 0 Å². The van der Waals surface area contributed by atoms with E-state index in [4.69, 9.17) is 5.73 Å². The SMILES string of the molecule is CC1(O)CCCN(CC(=O)NCCN)C1. The Bertz CT molecular complexity index is 219. The molecule has 88 valence electrons. The van der Waals surface area contributed by atoms with Gasteiger partial charge in [0.15, 0.2) is 0 Å². The van der Waals surface area contributed by atoms with Crippen LogP contribution in [0.1, 0.15) is 19.8 Å². The lowest BCUT2D eigenvalue weighted by Gasteiger charge is -2.36. The van der Waals surface area contributed by atoms with Crippen LogP contribution in [0.15, 0.2) is 0 Å². The van der Waals surface area contributed by atoms with Gasteiger partial charge in [-0.25, -0.2) is 0 Å². The van der Waals surface area contributed by atoms with Crippen molar-refractivity contribution in [1.29, 1.82) is 0 Å². The normalized spacial score (nSPS) is 27.7. The third kappa shape index (κ3) is 4.59. The molecular formula is C10H21N3O2. The molecule has 0 radical (unpaired) electrons. The molecule has 1 rings (SSSR count). The maximum Gasteiger partial charge on any atom is 0.234 e. The van der Waals surface area contributed by atoms with E-state index in [1.54, 1.807) is 0 Å². The highest BCUT2D eigenvalue weighted by atomic mass is 16.3. The highest BCUT2D eigenvalue weighted by Crippen LogP contribution is 2.19. The van der Waals surface area contributed by atoms with Crippen LogP contribution in [0, 0.1) is 0 Å². The molecule has 1 unspecified atom stereocenters. The van der Waals surface area contributed by atoms with Gasteiger partial charge >= 0.3 is 0 Å². The molecule has 5 heteroatoms. The number of carbonyl (C=O) groups is 1. The molecule has 0 spiro atoms. The number of carbonyl (C=O) groups excluding carboxylic acids is 1. The van der Waals surface area contributed by atoms with E-state index in [1.807, 2.05) is 11.8 Å². The Labute approximate surface area is 90.6 Å². The van der Waals surface area contributed by atoms with Gasteiger partial charge in [0, 0.05) is 19.6 Å². The molecule has 1 aliphatic rings. The molecule has 4 N–H and O–H groups in total. The number of β-amino-alcohol motifs (C(OH)–C–C–N with tert-alkyl or cyclic N) is 1. The highest BCUT2D eigenvalue weighted by molar-refractivity contribution is 5.78. The van der Waals surface area contributed by atoms with E-state index in [2.05, 4.69) is 5.32 Å². The van der Waals surface area contributed by atoms with Gasteiger partial charge in [-0.3, -0.25) is 9.69 Å². The van der Waals surface area contributed by atoms with E-state index in [9.17, 15) is 9.90 Å². The van der Waals surface area contributed by atoms with Crippen LogP contribution in [0.3, 0.4) is 0 Å². The predicted molar refractivity (Wildman–Crippen MR) is 58.4 cm³/mol. The summed E-state index contributed by atoms with van der Waals surface area (Å²) >= 11 is 0. The average Bonchev–Trinajstić information content (AvgIpc) is 2.13. The third-order valence-electron chi connectivity index (χ3n) is 2.59. The minimum Gasteiger partial charge on any atom is -0.389 e. The lowest BCUT2D eigenvalue weighted by molar-refractivity contribution is -0.123. The lowest BCUT2D eigenvalue weighted by Crippen LogP contribution is -2.49. The highest BCUT2D eigenvalue weighted by Gasteiger charge is 2.28. The molecule has 0 aromatic heterocycles. The monoisotopic (exact) mass is 215 g/mol. The second-order valence-electron chi connectivity index (χ2n) is 4.45. The van der Waals surface area contributed by atoms with Crippen LogP contribution in [0.4, 0.5) is 0 Å². The van der Waals surface area contributed by atoms with Crippen molar-refractivity contribution in [3.63, 3.8) is 0 Å². The molecule has 1 amide bonds. The van der Waals surface area contributed by atoms with Gasteiger partial charge < -0.3 is 16.2 Å². The molecule has 15 heavy (non-hydrogen) atoms. The van der Waals surface area contributed by atoms with Crippen LogP contribution < -0.4 is 11.1 Å². The van der Waals surface area contributed by atoms with Crippen LogP contribution in [-0.4, -0.2) is 54.2 Å². The molecule has 0 bridgehead atoms. The summed E-state index contributed by atoms with van der Waals surface area (Å²) in [6.07, 6.45) is 1.76. The number of hydrogen-bond acceptors (Lipinski definition) is 4. The Morgan fingerprint density at radius 2 is 2.40 bits per heavy atom. The lowest BCUT2D eigenvalue weighted by atomic mass is 9.95. The number of nitrogens with one attached hydrogen (secondary N) is 1. The van der Waals surface area contributed by atoms with E-state index in [0.29, 0.717) is 26.2 Å². The Morgan fingerprint density at radius 3 is 3.00 bits per heavy atom. The maximum atomic E-state index is 11.4. The molecule has 1 atom stereocenters. The fraction of sp³-hybridized carbons (Fsp3) is 0.900. The number of amides is 1. The molecule has 1 aliphatic heterocycles. The summed E-state index contributed by atoms with van der Waals surface area (Å²) in [7, 11) is 0. The topological polar surface area (TPSA) is 78.6 Å². The van der Waals surface area contributed by atoms with Crippen LogP contribution in [0.2, 0.25) is 0 Å². The summed E-state index contributed by atoms with van der Waals surface area (Å²) in [5, 5.41) is 12.6. The first-order valence-electron chi connectivity index (χ1n) is 5.45. The quantitative estimate of drug-likeness (QED) is 0.557. The van der Waals surface area contributed by atoms with Crippen LogP contribution in [-0.2, 0) is 4.79 Å². The summed E-state index contributed by atoms with van der Waals surface area (Å²) in [5.74, 6) is -0.0156. The Balaban J connectivity index is 2.28. The van der Waals surface area contributed by atoms with Crippen molar-refractivity contribution in [3.8, 4) is 0 Å². The minimum absolute atomic E-state index is 0.0156. The van der Waals surface area contributed by atoms with Crippen LogP contribution in [0.25, 0.3) is 0 Å². The summed E-state index contributed by atoms with van der Waals surface area (Å²) in [6, 6.07) is 0. The van der Waals surface area contributed by atoms with Gasteiger partial charge in [-0.2, -0.15) is 0 Å². The summed E-state index contributed by atoms with van der Waals surface area (Å²) < 4.78 is 0. The van der Waals surface area contributed by atoms with E-state index in [0.717, 1.165) is 19.4 Å². The first-order valence-corrected chi connectivity index (χ1v) is 5.45. The number of likely N-dealkylation sites (tertiary alicyclic amines) is 1. The Morgan fingerprint density at radius 1 is 1.67 bits per heavy atom. The number of nitrogens with two attached hydrogens (primary N) is 1. The Kier molecular flexibility index (Phi) is 4.50. The first kappa shape index (κ1) is 12.4. The Hall–Kier alpha value is -0.650. The van der Waals surface area contributed by atoms with Crippen molar-refractivity contribution in [2.75, 3.05) is 32.7 Å². The van der Waals surface area contributed by atoms with E-state index < -0.39 is 5.60 Å². The van der Waals surface area contributed by atoms with Crippen molar-refractivity contribution in [2.24, 2.45) is 5.73 Å². The van der Waals surface area contributed by atoms with E-state index >= 15 is 0 Å². The van der Waals surface area contributed by atoms with E-state index in [-0.39, 0.29) is 5.91 Å². The fourth-order valence-corrected chi connectivity index (χ4v) is 1.93. The van der Waals surface area contributed by atoms with E-state index in [1.165, 1.54) is 0 Å². The molecule has 5 nitrogen and oxygen atoms in total. The molecule has 0 aliphatic carbocycles. The maximum absolute atomic E-state index is 11.4. The molecule has 0 aromatic carbocycles. The van der Waals surface area contributed by atoms with Gasteiger partial charge in [-0.15, -0.1) is 0 Å². The second kappa shape index (κ2) is 5.44. The second-order valence-corrected chi connectivity index (χ2v) is 4.45. The number of rotatable bonds is 4. The third-order valence-corrected chi connectivity index (χ3v) is 2.59. The smallest absolute Gasteiger partial charge is 0.234 e. The number of nitrogens with zero attached hydrogens (tertiary/aromatic N) is 1. The zero-order valence-corrected chi connectivity index (χ0v) is 9.33. The standard InChI is InChI=1S/C10H21N3O2/c1-10(15)3-2-6-13(8-10)7-9(14)12-5-4-11/h15H,2-8,11H2,1H3,(H,12,14). The molecular weight excluding hydrogens is 194 g/mol. The molecule has 1 fully saturated rings. The van der Waals surface area contributed by atoms with Gasteiger partial charge in [-0.05, 0) is 26.3 Å². The van der Waals surface area contributed by atoms with Crippen molar-refractivity contribution < 1.29 is 9.90 Å².